The molecule has 0 aliphatic heterocycles. The van der Waals surface area contributed by atoms with Crippen molar-refractivity contribution >= 4 is 0 Å². The first-order chi connectivity index (χ1) is 14.9. The van der Waals surface area contributed by atoms with Crippen molar-refractivity contribution in [3.63, 3.8) is 0 Å². The highest BCUT2D eigenvalue weighted by Crippen LogP contribution is 2.35. The summed E-state index contributed by atoms with van der Waals surface area (Å²) in [5.74, 6) is 2.80. The molecule has 0 saturated heterocycles. The SMILES string of the molecule is COc1c(C)nc(-c2cccc(-c3nc(C)c(OC)c(C(C)(C)C)n3)c2)nc1C(C)(C)C. The zero-order chi connectivity index (χ0) is 23.8. The normalized spacial score (nSPS) is 12.1. The molecule has 2 heterocycles. The fourth-order valence-corrected chi connectivity index (χ4v) is 3.69. The molecule has 0 atom stereocenters. The number of aryl methyl sites for hydroxylation is 2. The van der Waals surface area contributed by atoms with Gasteiger partial charge in [-0.1, -0.05) is 59.7 Å². The van der Waals surface area contributed by atoms with E-state index in [4.69, 9.17) is 29.4 Å². The summed E-state index contributed by atoms with van der Waals surface area (Å²) < 4.78 is 11.2. The molecule has 0 amide bonds. The first kappa shape index (κ1) is 23.6. The molecular weight excluding hydrogens is 400 g/mol. The molecular formula is C26H34N4O2. The first-order valence-corrected chi connectivity index (χ1v) is 10.8. The van der Waals surface area contributed by atoms with Gasteiger partial charge in [0.1, 0.15) is 0 Å². The smallest absolute Gasteiger partial charge is 0.162 e. The molecule has 6 nitrogen and oxygen atoms in total. The number of rotatable bonds is 4. The third-order valence-electron chi connectivity index (χ3n) is 5.28. The Morgan fingerprint density at radius 1 is 0.625 bits per heavy atom. The van der Waals surface area contributed by atoms with Crippen LogP contribution < -0.4 is 9.47 Å². The fourth-order valence-electron chi connectivity index (χ4n) is 3.69. The Bertz CT molecular complexity index is 1060. The number of nitrogens with zero attached hydrogens (tertiary/aromatic N) is 4. The lowest BCUT2D eigenvalue weighted by atomic mass is 9.90. The van der Waals surface area contributed by atoms with E-state index in [1.807, 2.05) is 38.1 Å². The second-order valence-electron chi connectivity index (χ2n) is 10.1. The number of aromatic nitrogens is 4. The van der Waals surface area contributed by atoms with Gasteiger partial charge < -0.3 is 9.47 Å². The predicted octanol–water partition coefficient (Wildman–Crippen LogP) is 5.83. The molecule has 0 fully saturated rings. The van der Waals surface area contributed by atoms with E-state index in [2.05, 4.69) is 41.5 Å². The van der Waals surface area contributed by atoms with Gasteiger partial charge in [0.05, 0.1) is 37.0 Å². The van der Waals surface area contributed by atoms with Crippen LogP contribution in [0.5, 0.6) is 11.5 Å². The third-order valence-corrected chi connectivity index (χ3v) is 5.28. The maximum Gasteiger partial charge on any atom is 0.162 e. The fraction of sp³-hybridized carbons (Fsp3) is 0.462. The van der Waals surface area contributed by atoms with Gasteiger partial charge in [0.15, 0.2) is 23.1 Å². The maximum atomic E-state index is 5.61. The van der Waals surface area contributed by atoms with Crippen LogP contribution in [0.15, 0.2) is 24.3 Å². The number of hydrogen-bond acceptors (Lipinski definition) is 6. The van der Waals surface area contributed by atoms with Crippen molar-refractivity contribution in [1.82, 2.24) is 19.9 Å². The largest absolute Gasteiger partial charge is 0.493 e. The van der Waals surface area contributed by atoms with E-state index in [-0.39, 0.29) is 10.8 Å². The Labute approximate surface area is 191 Å². The summed E-state index contributed by atoms with van der Waals surface area (Å²) in [5.41, 5.74) is 4.88. The van der Waals surface area contributed by atoms with Crippen molar-refractivity contribution in [2.45, 2.75) is 66.2 Å². The molecule has 32 heavy (non-hydrogen) atoms. The minimum atomic E-state index is -0.177. The van der Waals surface area contributed by atoms with Gasteiger partial charge >= 0.3 is 0 Å². The van der Waals surface area contributed by atoms with E-state index in [0.717, 1.165) is 45.4 Å². The molecule has 0 radical (unpaired) electrons. The number of benzene rings is 1. The molecule has 6 heteroatoms. The van der Waals surface area contributed by atoms with Crippen molar-refractivity contribution in [2.75, 3.05) is 14.2 Å². The molecule has 170 valence electrons. The van der Waals surface area contributed by atoms with Crippen LogP contribution in [0.25, 0.3) is 22.8 Å². The van der Waals surface area contributed by atoms with Gasteiger partial charge in [0.25, 0.3) is 0 Å². The summed E-state index contributed by atoms with van der Waals surface area (Å²) in [5, 5.41) is 0. The van der Waals surface area contributed by atoms with E-state index in [0.29, 0.717) is 11.6 Å². The highest BCUT2D eigenvalue weighted by molar-refractivity contribution is 5.67. The third kappa shape index (κ3) is 4.59. The quantitative estimate of drug-likeness (QED) is 0.514. The molecule has 0 aliphatic carbocycles. The zero-order valence-electron chi connectivity index (χ0n) is 20.9. The highest BCUT2D eigenvalue weighted by Gasteiger charge is 2.26. The van der Waals surface area contributed by atoms with Crippen LogP contribution in [-0.2, 0) is 10.8 Å². The monoisotopic (exact) mass is 434 g/mol. The van der Waals surface area contributed by atoms with Crippen LogP contribution in [0.2, 0.25) is 0 Å². The predicted molar refractivity (Wildman–Crippen MR) is 128 cm³/mol. The van der Waals surface area contributed by atoms with Gasteiger partial charge in [0.2, 0.25) is 0 Å². The van der Waals surface area contributed by atoms with Crippen molar-refractivity contribution in [2.24, 2.45) is 0 Å². The summed E-state index contributed by atoms with van der Waals surface area (Å²) in [7, 11) is 3.33. The van der Waals surface area contributed by atoms with Gasteiger partial charge in [-0.25, -0.2) is 19.9 Å². The van der Waals surface area contributed by atoms with E-state index >= 15 is 0 Å². The number of methoxy groups -OCH3 is 2. The average Bonchev–Trinajstić information content (AvgIpc) is 2.71. The molecule has 3 rings (SSSR count). The minimum absolute atomic E-state index is 0.177. The lowest BCUT2D eigenvalue weighted by Crippen LogP contribution is -2.17. The van der Waals surface area contributed by atoms with E-state index in [1.165, 1.54) is 0 Å². The summed E-state index contributed by atoms with van der Waals surface area (Å²) >= 11 is 0. The summed E-state index contributed by atoms with van der Waals surface area (Å²) in [6.07, 6.45) is 0. The lowest BCUT2D eigenvalue weighted by Gasteiger charge is -2.23. The Kier molecular flexibility index (Phi) is 6.27. The molecule has 1 aromatic carbocycles. The summed E-state index contributed by atoms with van der Waals surface area (Å²) in [4.78, 5) is 19.2. The van der Waals surface area contributed by atoms with Crippen LogP contribution >= 0.6 is 0 Å². The van der Waals surface area contributed by atoms with Crippen molar-refractivity contribution in [3.05, 3.63) is 47.0 Å². The van der Waals surface area contributed by atoms with Gasteiger partial charge in [-0.15, -0.1) is 0 Å². The standard InChI is InChI=1S/C26H34N4O2/c1-15-19(31-9)21(25(3,4)5)29-23(27-15)17-12-11-13-18(14-17)24-28-16(2)20(32-10)22(30-24)26(6,7)8/h11-14H,1-10H3. The summed E-state index contributed by atoms with van der Waals surface area (Å²) in [6.45, 7) is 16.7. The molecule has 0 aliphatic rings. The van der Waals surface area contributed by atoms with Crippen molar-refractivity contribution in [3.8, 4) is 34.3 Å². The highest BCUT2D eigenvalue weighted by atomic mass is 16.5. The Hall–Kier alpha value is -3.02. The molecule has 2 aromatic heterocycles. The molecule has 0 unspecified atom stereocenters. The van der Waals surface area contributed by atoms with Crippen LogP contribution in [0, 0.1) is 13.8 Å². The van der Waals surface area contributed by atoms with Gasteiger partial charge in [-0.05, 0) is 19.9 Å². The van der Waals surface area contributed by atoms with Crippen molar-refractivity contribution < 1.29 is 9.47 Å². The van der Waals surface area contributed by atoms with E-state index < -0.39 is 0 Å². The Balaban J connectivity index is 2.17. The maximum absolute atomic E-state index is 5.61. The van der Waals surface area contributed by atoms with Crippen LogP contribution in [-0.4, -0.2) is 34.2 Å². The van der Waals surface area contributed by atoms with Crippen molar-refractivity contribution in [1.29, 1.82) is 0 Å². The zero-order valence-corrected chi connectivity index (χ0v) is 20.9. The molecule has 0 N–H and O–H groups in total. The van der Waals surface area contributed by atoms with E-state index in [1.54, 1.807) is 14.2 Å². The number of ether oxygens (including phenoxy) is 2. The first-order valence-electron chi connectivity index (χ1n) is 10.8. The molecule has 3 aromatic rings. The number of hydrogen-bond donors (Lipinski definition) is 0. The summed E-state index contributed by atoms with van der Waals surface area (Å²) in [6, 6.07) is 8.06. The van der Waals surface area contributed by atoms with Gasteiger partial charge in [-0.2, -0.15) is 0 Å². The topological polar surface area (TPSA) is 70.0 Å². The van der Waals surface area contributed by atoms with Crippen LogP contribution in [0.4, 0.5) is 0 Å². The van der Waals surface area contributed by atoms with Crippen LogP contribution in [0.1, 0.15) is 64.3 Å². The molecule has 0 spiro atoms. The van der Waals surface area contributed by atoms with Gasteiger partial charge in [0, 0.05) is 22.0 Å². The second kappa shape index (κ2) is 8.49. The molecule has 0 saturated carbocycles. The average molecular weight is 435 g/mol. The van der Waals surface area contributed by atoms with E-state index in [9.17, 15) is 0 Å². The van der Waals surface area contributed by atoms with Gasteiger partial charge in [-0.3, -0.25) is 0 Å². The van der Waals surface area contributed by atoms with Crippen LogP contribution in [0.3, 0.4) is 0 Å². The minimum Gasteiger partial charge on any atom is -0.493 e. The lowest BCUT2D eigenvalue weighted by molar-refractivity contribution is 0.386. The Morgan fingerprint density at radius 3 is 1.31 bits per heavy atom. The second-order valence-corrected chi connectivity index (χ2v) is 10.1. The Morgan fingerprint density at radius 2 is 1.00 bits per heavy atom. The molecule has 0 bridgehead atoms.